The van der Waals surface area contributed by atoms with Crippen molar-refractivity contribution >= 4 is 27.9 Å². The average Bonchev–Trinajstić information content (AvgIpc) is 3.02. The highest BCUT2D eigenvalue weighted by atomic mass is 16.1. The van der Waals surface area contributed by atoms with Crippen molar-refractivity contribution in [3.05, 3.63) is 83.7 Å². The second kappa shape index (κ2) is 5.42. The molecule has 0 amide bonds. The van der Waals surface area contributed by atoms with E-state index in [0.717, 1.165) is 10.8 Å². The van der Waals surface area contributed by atoms with Crippen LogP contribution < -0.4 is 0 Å². The number of carbonyl (C=O) groups is 2. The topological polar surface area (TPSA) is 51.4 Å². The summed E-state index contributed by atoms with van der Waals surface area (Å²) in [5, 5.41) is 6.24. The molecule has 2 aromatic heterocycles. The molecule has 4 rings (SSSR count). The lowest BCUT2D eigenvalue weighted by Crippen LogP contribution is -2.07. The molecule has 0 aliphatic carbocycles. The van der Waals surface area contributed by atoms with Gasteiger partial charge in [-0.1, -0.05) is 54.6 Å². The Morgan fingerprint density at radius 1 is 0.958 bits per heavy atom. The van der Waals surface area contributed by atoms with Gasteiger partial charge in [0.1, 0.15) is 5.69 Å². The van der Waals surface area contributed by atoms with Gasteiger partial charge in [-0.05, 0) is 13.0 Å². The van der Waals surface area contributed by atoms with E-state index in [0.29, 0.717) is 22.3 Å². The molecule has 116 valence electrons. The van der Waals surface area contributed by atoms with Crippen LogP contribution in [0.25, 0.3) is 16.3 Å². The molecule has 2 aromatic carbocycles. The van der Waals surface area contributed by atoms with Gasteiger partial charge in [0.15, 0.2) is 5.78 Å². The quantitative estimate of drug-likeness (QED) is 0.539. The van der Waals surface area contributed by atoms with Gasteiger partial charge < -0.3 is 0 Å². The molecular formula is C20H14N2O2. The maximum Gasteiger partial charge on any atom is 0.211 e. The molecule has 0 radical (unpaired) electrons. The first-order valence-corrected chi connectivity index (χ1v) is 7.67. The van der Waals surface area contributed by atoms with Gasteiger partial charge in [0.2, 0.25) is 5.78 Å². The van der Waals surface area contributed by atoms with E-state index in [9.17, 15) is 9.59 Å². The van der Waals surface area contributed by atoms with E-state index in [2.05, 4.69) is 5.10 Å². The first kappa shape index (κ1) is 14.3. The fourth-order valence-corrected chi connectivity index (χ4v) is 2.99. The molecular weight excluding hydrogens is 300 g/mol. The number of benzene rings is 2. The Balaban J connectivity index is 2.06. The molecule has 0 N–H and O–H groups in total. The summed E-state index contributed by atoms with van der Waals surface area (Å²) in [6, 6.07) is 18.4. The lowest BCUT2D eigenvalue weighted by molar-refractivity contribution is 0.101. The van der Waals surface area contributed by atoms with Crippen LogP contribution in [0.4, 0.5) is 0 Å². The van der Waals surface area contributed by atoms with Crippen LogP contribution in [-0.4, -0.2) is 21.2 Å². The van der Waals surface area contributed by atoms with Crippen molar-refractivity contribution in [2.45, 2.75) is 6.92 Å². The molecule has 0 aliphatic heterocycles. The standard InChI is InChI=1S/C20H14N2O2/c1-13(23)17-11-18(20(24)14-7-3-2-4-8-14)22-19(17)16-10-6-5-9-15(16)12-21-22/h2-12H,1H3. The van der Waals surface area contributed by atoms with Crippen LogP contribution in [0.15, 0.2) is 66.9 Å². The number of Topliss-reactive ketones (excluding diaryl/α,β-unsaturated/α-hetero) is 1. The summed E-state index contributed by atoms with van der Waals surface area (Å²) in [6.45, 7) is 1.51. The van der Waals surface area contributed by atoms with Crippen molar-refractivity contribution in [1.29, 1.82) is 0 Å². The fraction of sp³-hybridized carbons (Fsp3) is 0.0500. The second-order valence-corrected chi connectivity index (χ2v) is 5.69. The Morgan fingerprint density at radius 2 is 1.67 bits per heavy atom. The Morgan fingerprint density at radius 3 is 2.42 bits per heavy atom. The number of hydrogen-bond donors (Lipinski definition) is 0. The van der Waals surface area contributed by atoms with Gasteiger partial charge >= 0.3 is 0 Å². The van der Waals surface area contributed by atoms with Crippen molar-refractivity contribution in [3.63, 3.8) is 0 Å². The minimum atomic E-state index is -0.152. The van der Waals surface area contributed by atoms with Crippen LogP contribution in [-0.2, 0) is 0 Å². The van der Waals surface area contributed by atoms with Crippen molar-refractivity contribution in [3.8, 4) is 0 Å². The van der Waals surface area contributed by atoms with Crippen molar-refractivity contribution in [2.24, 2.45) is 0 Å². The summed E-state index contributed by atoms with van der Waals surface area (Å²) in [6.07, 6.45) is 1.72. The predicted molar refractivity (Wildman–Crippen MR) is 92.6 cm³/mol. The van der Waals surface area contributed by atoms with Crippen LogP contribution in [0.5, 0.6) is 0 Å². The highest BCUT2D eigenvalue weighted by molar-refractivity contribution is 6.15. The normalized spacial score (nSPS) is 11.0. The molecule has 0 saturated carbocycles. The zero-order valence-electron chi connectivity index (χ0n) is 13.1. The molecule has 0 atom stereocenters. The number of carbonyl (C=O) groups excluding carboxylic acids is 2. The zero-order valence-corrected chi connectivity index (χ0v) is 13.1. The maximum atomic E-state index is 12.9. The molecule has 0 bridgehead atoms. The van der Waals surface area contributed by atoms with E-state index in [1.807, 2.05) is 42.5 Å². The number of ketones is 2. The summed E-state index contributed by atoms with van der Waals surface area (Å²) in [7, 11) is 0. The summed E-state index contributed by atoms with van der Waals surface area (Å²) >= 11 is 0. The van der Waals surface area contributed by atoms with Gasteiger partial charge in [0.05, 0.1) is 11.7 Å². The largest absolute Gasteiger partial charge is 0.294 e. The third-order valence-corrected chi connectivity index (χ3v) is 4.15. The number of fused-ring (bicyclic) bond motifs is 3. The van der Waals surface area contributed by atoms with E-state index in [1.165, 1.54) is 6.92 Å². The van der Waals surface area contributed by atoms with E-state index in [4.69, 9.17) is 0 Å². The first-order valence-electron chi connectivity index (χ1n) is 7.67. The van der Waals surface area contributed by atoms with Gasteiger partial charge in [-0.15, -0.1) is 0 Å². The number of nitrogens with zero attached hydrogens (tertiary/aromatic N) is 2. The molecule has 0 unspecified atom stereocenters. The molecule has 2 heterocycles. The minimum Gasteiger partial charge on any atom is -0.294 e. The van der Waals surface area contributed by atoms with Crippen molar-refractivity contribution < 1.29 is 9.59 Å². The maximum absolute atomic E-state index is 12.9. The van der Waals surface area contributed by atoms with Crippen LogP contribution >= 0.6 is 0 Å². The van der Waals surface area contributed by atoms with Gasteiger partial charge in [-0.25, -0.2) is 4.52 Å². The summed E-state index contributed by atoms with van der Waals surface area (Å²) in [4.78, 5) is 25.0. The number of hydrogen-bond acceptors (Lipinski definition) is 3. The molecule has 4 heteroatoms. The molecule has 4 aromatic rings. The number of aromatic nitrogens is 2. The van der Waals surface area contributed by atoms with Crippen molar-refractivity contribution in [2.75, 3.05) is 0 Å². The first-order chi connectivity index (χ1) is 11.7. The Labute approximate surface area is 138 Å². The highest BCUT2D eigenvalue weighted by Gasteiger charge is 2.21. The molecule has 0 aliphatic rings. The van der Waals surface area contributed by atoms with Gasteiger partial charge in [0, 0.05) is 21.9 Å². The molecule has 24 heavy (non-hydrogen) atoms. The average molecular weight is 314 g/mol. The third-order valence-electron chi connectivity index (χ3n) is 4.15. The van der Waals surface area contributed by atoms with E-state index >= 15 is 0 Å². The number of rotatable bonds is 3. The van der Waals surface area contributed by atoms with Crippen LogP contribution in [0.3, 0.4) is 0 Å². The van der Waals surface area contributed by atoms with Gasteiger partial charge in [-0.2, -0.15) is 5.10 Å². The monoisotopic (exact) mass is 314 g/mol. The van der Waals surface area contributed by atoms with E-state index < -0.39 is 0 Å². The third kappa shape index (κ3) is 2.12. The Bertz CT molecular complexity index is 1090. The molecule has 4 nitrogen and oxygen atoms in total. The predicted octanol–water partition coefficient (Wildman–Crippen LogP) is 3.92. The lowest BCUT2D eigenvalue weighted by atomic mass is 10.1. The lowest BCUT2D eigenvalue weighted by Gasteiger charge is -2.04. The molecule has 0 fully saturated rings. The summed E-state index contributed by atoms with van der Waals surface area (Å²) < 4.78 is 1.58. The van der Waals surface area contributed by atoms with E-state index in [1.54, 1.807) is 28.9 Å². The van der Waals surface area contributed by atoms with Gasteiger partial charge in [0.25, 0.3) is 0 Å². The Kier molecular flexibility index (Phi) is 3.24. The zero-order chi connectivity index (χ0) is 16.7. The van der Waals surface area contributed by atoms with Crippen LogP contribution in [0.2, 0.25) is 0 Å². The second-order valence-electron chi connectivity index (χ2n) is 5.69. The van der Waals surface area contributed by atoms with Gasteiger partial charge in [-0.3, -0.25) is 9.59 Å². The smallest absolute Gasteiger partial charge is 0.211 e. The summed E-state index contributed by atoms with van der Waals surface area (Å²) in [5.74, 6) is -0.237. The molecule has 0 spiro atoms. The van der Waals surface area contributed by atoms with E-state index in [-0.39, 0.29) is 11.6 Å². The van der Waals surface area contributed by atoms with Crippen LogP contribution in [0, 0.1) is 0 Å². The Hall–Kier alpha value is -3.27. The fourth-order valence-electron chi connectivity index (χ4n) is 2.99. The highest BCUT2D eigenvalue weighted by Crippen LogP contribution is 2.26. The summed E-state index contributed by atoms with van der Waals surface area (Å²) in [5.41, 5.74) is 2.16. The SMILES string of the molecule is CC(=O)c1cc(C(=O)c2ccccc2)n2ncc3ccccc3c12. The minimum absolute atomic E-state index is 0.0854. The molecule has 0 saturated heterocycles. The van der Waals surface area contributed by atoms with Crippen LogP contribution in [0.1, 0.15) is 33.3 Å². The van der Waals surface area contributed by atoms with Crippen molar-refractivity contribution in [1.82, 2.24) is 9.61 Å².